The zero-order valence-corrected chi connectivity index (χ0v) is 18.9. The van der Waals surface area contributed by atoms with Crippen molar-refractivity contribution >= 4 is 17.7 Å². The van der Waals surface area contributed by atoms with Gasteiger partial charge in [0.15, 0.2) is 0 Å². The first kappa shape index (κ1) is 20.1. The number of thioether (sulfide) groups is 1. The Morgan fingerprint density at radius 2 is 1.70 bits per heavy atom. The Bertz CT molecular complexity index is 898. The van der Waals surface area contributed by atoms with Crippen LogP contribution in [0.1, 0.15) is 56.6 Å². The maximum atomic E-state index is 12.7. The summed E-state index contributed by atoms with van der Waals surface area (Å²) in [4.78, 5) is 12.7. The molecule has 0 saturated heterocycles. The third-order valence-electron chi connectivity index (χ3n) is 7.58. The molecule has 1 heterocycles. The van der Waals surface area contributed by atoms with Crippen LogP contribution in [0, 0.1) is 37.0 Å². The minimum absolute atomic E-state index is 0.0643. The summed E-state index contributed by atoms with van der Waals surface area (Å²) in [6, 6.07) is 6.43. The first-order valence-electron chi connectivity index (χ1n) is 11.2. The Hall–Kier alpha value is -1.82. The fourth-order valence-corrected chi connectivity index (χ4v) is 7.33. The van der Waals surface area contributed by atoms with Crippen LogP contribution < -0.4 is 5.32 Å². The van der Waals surface area contributed by atoms with Crippen LogP contribution >= 0.6 is 11.8 Å². The van der Waals surface area contributed by atoms with E-state index in [2.05, 4.69) is 42.4 Å². The Labute approximate surface area is 182 Å². The molecule has 0 spiro atoms. The van der Waals surface area contributed by atoms with Crippen molar-refractivity contribution in [3.05, 3.63) is 29.3 Å². The monoisotopic (exact) mass is 425 g/mol. The first-order chi connectivity index (χ1) is 14.4. The molecule has 4 aliphatic rings. The van der Waals surface area contributed by atoms with E-state index in [1.54, 1.807) is 0 Å². The van der Waals surface area contributed by atoms with E-state index in [1.807, 2.05) is 12.1 Å². The molecule has 30 heavy (non-hydrogen) atoms. The van der Waals surface area contributed by atoms with Gasteiger partial charge >= 0.3 is 0 Å². The highest BCUT2D eigenvalue weighted by Gasteiger charge is 2.53. The quantitative estimate of drug-likeness (QED) is 0.647. The highest BCUT2D eigenvalue weighted by Crippen LogP contribution is 2.61. The highest BCUT2D eigenvalue weighted by atomic mass is 32.2. The van der Waals surface area contributed by atoms with Gasteiger partial charge < -0.3 is 9.73 Å². The van der Waals surface area contributed by atoms with E-state index in [0.29, 0.717) is 22.3 Å². The van der Waals surface area contributed by atoms with E-state index in [-0.39, 0.29) is 11.9 Å². The lowest BCUT2D eigenvalue weighted by Crippen LogP contribution is -2.56. The van der Waals surface area contributed by atoms with Gasteiger partial charge in [0.25, 0.3) is 5.22 Å². The third kappa shape index (κ3) is 3.91. The van der Waals surface area contributed by atoms with Crippen LogP contribution in [0.5, 0.6) is 0 Å². The van der Waals surface area contributed by atoms with Crippen LogP contribution in [-0.2, 0) is 4.79 Å². The molecule has 4 saturated carbocycles. The number of carbonyl (C=O) groups is 1. The topological polar surface area (TPSA) is 68.0 Å². The van der Waals surface area contributed by atoms with Crippen molar-refractivity contribution in [3.8, 4) is 11.5 Å². The Morgan fingerprint density at radius 1 is 1.10 bits per heavy atom. The van der Waals surface area contributed by atoms with Gasteiger partial charge in [0.1, 0.15) is 0 Å². The van der Waals surface area contributed by atoms with Crippen molar-refractivity contribution in [1.29, 1.82) is 0 Å². The number of hydrogen-bond donors (Lipinski definition) is 1. The van der Waals surface area contributed by atoms with Crippen molar-refractivity contribution in [2.45, 2.75) is 70.6 Å². The van der Waals surface area contributed by atoms with Crippen LogP contribution in [0.2, 0.25) is 0 Å². The number of benzene rings is 1. The number of nitrogens with one attached hydrogen (secondary N) is 1. The van der Waals surface area contributed by atoms with Gasteiger partial charge in [-0.15, -0.1) is 10.2 Å². The molecule has 1 amide bonds. The van der Waals surface area contributed by atoms with E-state index >= 15 is 0 Å². The average Bonchev–Trinajstić information content (AvgIpc) is 3.14. The van der Waals surface area contributed by atoms with Crippen LogP contribution in [0.4, 0.5) is 0 Å². The fourth-order valence-electron chi connectivity index (χ4n) is 6.75. The average molecular weight is 426 g/mol. The SMILES string of the molecule is Cc1cc(C)cc(-c2nnc(SCC(=O)N[C@H](C)C34CC5CC(CC(C5)C3)C4)o2)c1. The molecule has 160 valence electrons. The molecular formula is C24H31N3O2S. The predicted octanol–water partition coefficient (Wildman–Crippen LogP) is 5.17. The van der Waals surface area contributed by atoms with Gasteiger partial charge in [-0.2, -0.15) is 0 Å². The van der Waals surface area contributed by atoms with Gasteiger partial charge in [-0.05, 0) is 94.6 Å². The van der Waals surface area contributed by atoms with Crippen LogP contribution in [0.3, 0.4) is 0 Å². The molecule has 4 fully saturated rings. The third-order valence-corrected chi connectivity index (χ3v) is 8.40. The summed E-state index contributed by atoms with van der Waals surface area (Å²) < 4.78 is 5.80. The molecule has 6 rings (SSSR count). The number of rotatable bonds is 6. The van der Waals surface area contributed by atoms with Crippen LogP contribution in [-0.4, -0.2) is 27.9 Å². The summed E-state index contributed by atoms with van der Waals surface area (Å²) in [5.74, 6) is 3.57. The highest BCUT2D eigenvalue weighted by molar-refractivity contribution is 7.99. The lowest BCUT2D eigenvalue weighted by Gasteiger charge is -2.59. The number of amides is 1. The van der Waals surface area contributed by atoms with Gasteiger partial charge in [-0.1, -0.05) is 29.0 Å². The van der Waals surface area contributed by atoms with Gasteiger partial charge in [0.05, 0.1) is 5.75 Å². The Kier molecular flexibility index (Phi) is 5.16. The zero-order valence-electron chi connectivity index (χ0n) is 18.1. The molecule has 1 aromatic carbocycles. The van der Waals surface area contributed by atoms with Gasteiger partial charge in [0.2, 0.25) is 11.8 Å². The number of hydrogen-bond acceptors (Lipinski definition) is 5. The van der Waals surface area contributed by atoms with E-state index < -0.39 is 0 Å². The zero-order chi connectivity index (χ0) is 20.9. The molecule has 0 radical (unpaired) electrons. The molecule has 0 aliphatic heterocycles. The normalized spacial score (nSPS) is 30.4. The van der Waals surface area contributed by atoms with Crippen LogP contribution in [0.25, 0.3) is 11.5 Å². The van der Waals surface area contributed by atoms with E-state index in [0.717, 1.165) is 34.4 Å². The van der Waals surface area contributed by atoms with Gasteiger partial charge in [-0.25, -0.2) is 0 Å². The number of aryl methyl sites for hydroxylation is 2. The lowest BCUT2D eigenvalue weighted by molar-refractivity contribution is -0.123. The standard InChI is InChI=1S/C24H31N3O2S/c1-14-4-15(2)6-20(5-14)22-26-27-23(29-22)30-13-21(28)25-16(3)24-10-17-7-18(11-24)9-19(8-17)12-24/h4-6,16-19H,7-13H2,1-3H3,(H,25,28)/t16-,17?,18?,19?,24?/m1/s1. The van der Waals surface area contributed by atoms with Gasteiger partial charge in [0, 0.05) is 11.6 Å². The number of aromatic nitrogens is 2. The Morgan fingerprint density at radius 3 is 2.30 bits per heavy atom. The smallest absolute Gasteiger partial charge is 0.277 e. The second-order valence-electron chi connectivity index (χ2n) is 10.1. The van der Waals surface area contributed by atoms with E-state index in [9.17, 15) is 4.79 Å². The predicted molar refractivity (Wildman–Crippen MR) is 118 cm³/mol. The maximum Gasteiger partial charge on any atom is 0.277 e. The number of carbonyl (C=O) groups excluding carboxylic acids is 1. The molecule has 0 unspecified atom stereocenters. The minimum Gasteiger partial charge on any atom is -0.411 e. The molecule has 1 atom stereocenters. The van der Waals surface area contributed by atoms with Crippen molar-refractivity contribution in [1.82, 2.24) is 15.5 Å². The van der Waals surface area contributed by atoms with E-state index in [4.69, 9.17) is 4.42 Å². The number of nitrogens with zero attached hydrogens (tertiary/aromatic N) is 2. The summed E-state index contributed by atoms with van der Waals surface area (Å²) in [5.41, 5.74) is 3.58. The van der Waals surface area contributed by atoms with E-state index in [1.165, 1.54) is 50.3 Å². The minimum atomic E-state index is 0.0643. The summed E-state index contributed by atoms with van der Waals surface area (Å²) in [6.07, 6.45) is 8.19. The van der Waals surface area contributed by atoms with Crippen molar-refractivity contribution < 1.29 is 9.21 Å². The fraction of sp³-hybridized carbons (Fsp3) is 0.625. The summed E-state index contributed by atoms with van der Waals surface area (Å²) in [7, 11) is 0. The summed E-state index contributed by atoms with van der Waals surface area (Å²) >= 11 is 1.32. The Balaban J connectivity index is 1.18. The summed E-state index contributed by atoms with van der Waals surface area (Å²) in [6.45, 7) is 6.33. The molecule has 4 aliphatic carbocycles. The largest absolute Gasteiger partial charge is 0.411 e. The van der Waals surface area contributed by atoms with Crippen LogP contribution in [0.15, 0.2) is 27.8 Å². The molecule has 1 N–H and O–H groups in total. The molecule has 5 nitrogen and oxygen atoms in total. The molecule has 1 aromatic heterocycles. The molecule has 4 bridgehead atoms. The second-order valence-corrected chi connectivity index (χ2v) is 11.0. The first-order valence-corrected chi connectivity index (χ1v) is 12.2. The van der Waals surface area contributed by atoms with Crippen molar-refractivity contribution in [2.75, 3.05) is 5.75 Å². The van der Waals surface area contributed by atoms with Crippen molar-refractivity contribution in [2.24, 2.45) is 23.2 Å². The lowest BCUT2D eigenvalue weighted by atomic mass is 9.48. The maximum absolute atomic E-state index is 12.7. The molecule has 2 aromatic rings. The molecular weight excluding hydrogens is 394 g/mol. The van der Waals surface area contributed by atoms with Crippen molar-refractivity contribution in [3.63, 3.8) is 0 Å². The van der Waals surface area contributed by atoms with Gasteiger partial charge in [-0.3, -0.25) is 4.79 Å². The second kappa shape index (κ2) is 7.70. The summed E-state index contributed by atoms with van der Waals surface area (Å²) in [5, 5.41) is 12.0. The molecule has 6 heteroatoms.